The van der Waals surface area contributed by atoms with Crippen molar-refractivity contribution in [3.05, 3.63) is 22.7 Å². The number of amides is 1. The third-order valence-electron chi connectivity index (χ3n) is 2.15. The van der Waals surface area contributed by atoms with Crippen LogP contribution in [0.2, 0.25) is 0 Å². The molecule has 6 heteroatoms. The maximum Gasteiger partial charge on any atom is 0.271 e. The molecule has 2 heterocycles. The Morgan fingerprint density at radius 3 is 3.20 bits per heavy atom. The summed E-state index contributed by atoms with van der Waals surface area (Å²) in [5.74, 6) is -0.195. The van der Waals surface area contributed by atoms with Crippen LogP contribution < -0.4 is 5.32 Å². The smallest absolute Gasteiger partial charge is 0.271 e. The van der Waals surface area contributed by atoms with Crippen LogP contribution in [0, 0.1) is 0 Å². The third-order valence-corrected chi connectivity index (χ3v) is 2.73. The van der Waals surface area contributed by atoms with Crippen LogP contribution >= 0.6 is 15.9 Å². The maximum atomic E-state index is 11.7. The lowest BCUT2D eigenvalue weighted by molar-refractivity contribution is 0.0924. The van der Waals surface area contributed by atoms with Crippen LogP contribution in [0.15, 0.2) is 17.0 Å². The van der Waals surface area contributed by atoms with Crippen molar-refractivity contribution in [2.45, 2.75) is 12.5 Å². The third kappa shape index (κ3) is 2.51. The molecule has 1 atom stereocenters. The SMILES string of the molecule is O=C(NC1CCOC1)c1ncncc1Br. The van der Waals surface area contributed by atoms with Gasteiger partial charge in [0, 0.05) is 12.8 Å². The molecule has 0 aromatic carbocycles. The van der Waals surface area contributed by atoms with Crippen molar-refractivity contribution in [1.82, 2.24) is 15.3 Å². The average molecular weight is 272 g/mol. The normalized spacial score (nSPS) is 20.2. The Morgan fingerprint density at radius 2 is 2.53 bits per heavy atom. The molecular weight excluding hydrogens is 262 g/mol. The quantitative estimate of drug-likeness (QED) is 0.863. The molecule has 0 radical (unpaired) electrons. The Bertz CT molecular complexity index is 366. The van der Waals surface area contributed by atoms with E-state index >= 15 is 0 Å². The van der Waals surface area contributed by atoms with E-state index in [2.05, 4.69) is 31.2 Å². The second-order valence-corrected chi connectivity index (χ2v) is 4.11. The predicted octanol–water partition coefficient (Wildman–Crippen LogP) is 0.758. The van der Waals surface area contributed by atoms with Crippen LogP contribution in [-0.2, 0) is 4.74 Å². The summed E-state index contributed by atoms with van der Waals surface area (Å²) in [5.41, 5.74) is 0.358. The number of hydrogen-bond donors (Lipinski definition) is 1. The molecule has 1 aromatic rings. The fourth-order valence-corrected chi connectivity index (χ4v) is 1.78. The minimum Gasteiger partial charge on any atom is -0.379 e. The van der Waals surface area contributed by atoms with Gasteiger partial charge in [0.25, 0.3) is 5.91 Å². The fourth-order valence-electron chi connectivity index (χ4n) is 1.38. The van der Waals surface area contributed by atoms with Crippen molar-refractivity contribution < 1.29 is 9.53 Å². The Labute approximate surface area is 95.4 Å². The Hall–Kier alpha value is -1.01. The summed E-state index contributed by atoms with van der Waals surface area (Å²) in [6.07, 6.45) is 3.76. The maximum absolute atomic E-state index is 11.7. The van der Waals surface area contributed by atoms with Crippen molar-refractivity contribution in [2.24, 2.45) is 0 Å². The first kappa shape index (κ1) is 10.5. The molecular formula is C9H10BrN3O2. The average Bonchev–Trinajstić information content (AvgIpc) is 2.71. The summed E-state index contributed by atoms with van der Waals surface area (Å²) in [5, 5.41) is 2.85. The number of nitrogens with one attached hydrogen (secondary N) is 1. The van der Waals surface area contributed by atoms with Crippen molar-refractivity contribution in [3.63, 3.8) is 0 Å². The Morgan fingerprint density at radius 1 is 1.67 bits per heavy atom. The molecule has 0 saturated carbocycles. The molecule has 1 saturated heterocycles. The number of nitrogens with zero attached hydrogens (tertiary/aromatic N) is 2. The molecule has 1 fully saturated rings. The molecule has 0 bridgehead atoms. The molecule has 1 aromatic heterocycles. The summed E-state index contributed by atoms with van der Waals surface area (Å²) < 4.78 is 5.76. The predicted molar refractivity (Wildman–Crippen MR) is 56.4 cm³/mol. The zero-order chi connectivity index (χ0) is 10.7. The minimum absolute atomic E-state index is 0.0966. The Balaban J connectivity index is 2.04. The molecule has 2 rings (SSSR count). The highest BCUT2D eigenvalue weighted by molar-refractivity contribution is 9.10. The van der Waals surface area contributed by atoms with Gasteiger partial charge in [-0.25, -0.2) is 9.97 Å². The summed E-state index contributed by atoms with van der Waals surface area (Å²) in [7, 11) is 0. The molecule has 5 nitrogen and oxygen atoms in total. The van der Waals surface area contributed by atoms with Crippen molar-refractivity contribution in [2.75, 3.05) is 13.2 Å². The van der Waals surface area contributed by atoms with Gasteiger partial charge in [-0.2, -0.15) is 0 Å². The van der Waals surface area contributed by atoms with E-state index in [1.807, 2.05) is 0 Å². The van der Waals surface area contributed by atoms with Crippen molar-refractivity contribution in [1.29, 1.82) is 0 Å². The topological polar surface area (TPSA) is 64.1 Å². The van der Waals surface area contributed by atoms with Crippen LogP contribution in [0.1, 0.15) is 16.9 Å². The van der Waals surface area contributed by atoms with Gasteiger partial charge in [0.2, 0.25) is 0 Å². The molecule has 1 amide bonds. The van der Waals surface area contributed by atoms with E-state index in [-0.39, 0.29) is 11.9 Å². The summed E-state index contributed by atoms with van der Waals surface area (Å²) in [6.45, 7) is 1.28. The van der Waals surface area contributed by atoms with Crippen molar-refractivity contribution in [3.8, 4) is 0 Å². The molecule has 15 heavy (non-hydrogen) atoms. The van der Waals surface area contributed by atoms with Gasteiger partial charge >= 0.3 is 0 Å². The first-order chi connectivity index (χ1) is 7.27. The van der Waals surface area contributed by atoms with Gasteiger partial charge in [-0.3, -0.25) is 4.79 Å². The van der Waals surface area contributed by atoms with Gasteiger partial charge in [-0.05, 0) is 22.4 Å². The zero-order valence-corrected chi connectivity index (χ0v) is 9.53. The van der Waals surface area contributed by atoms with E-state index in [1.54, 1.807) is 6.20 Å². The van der Waals surface area contributed by atoms with E-state index in [9.17, 15) is 4.79 Å². The van der Waals surface area contributed by atoms with Gasteiger partial charge in [0.05, 0.1) is 17.1 Å². The standard InChI is InChI=1S/C9H10BrN3O2/c10-7-3-11-5-12-8(7)9(14)13-6-1-2-15-4-6/h3,5-6H,1-2,4H2,(H,13,14). The summed E-state index contributed by atoms with van der Waals surface area (Å²) in [4.78, 5) is 19.4. The van der Waals surface area contributed by atoms with Gasteiger partial charge in [-0.1, -0.05) is 0 Å². The van der Waals surface area contributed by atoms with Gasteiger partial charge in [0.15, 0.2) is 0 Å². The number of halogens is 1. The van der Waals surface area contributed by atoms with E-state index in [4.69, 9.17) is 4.74 Å². The van der Waals surface area contributed by atoms with E-state index in [0.717, 1.165) is 6.42 Å². The molecule has 0 aliphatic carbocycles. The van der Waals surface area contributed by atoms with Gasteiger partial charge in [0.1, 0.15) is 12.0 Å². The highest BCUT2D eigenvalue weighted by atomic mass is 79.9. The Kier molecular flexibility index (Phi) is 3.27. The number of carbonyl (C=O) groups excluding carboxylic acids is 1. The van der Waals surface area contributed by atoms with E-state index in [0.29, 0.717) is 23.4 Å². The molecule has 1 N–H and O–H groups in total. The number of ether oxygens (including phenoxy) is 1. The van der Waals surface area contributed by atoms with Gasteiger partial charge < -0.3 is 10.1 Å². The van der Waals surface area contributed by atoms with Crippen LogP contribution in [-0.4, -0.2) is 35.1 Å². The fraction of sp³-hybridized carbons (Fsp3) is 0.444. The molecule has 1 aliphatic heterocycles. The molecule has 0 spiro atoms. The van der Waals surface area contributed by atoms with Crippen molar-refractivity contribution >= 4 is 21.8 Å². The second-order valence-electron chi connectivity index (χ2n) is 3.25. The summed E-state index contributed by atoms with van der Waals surface area (Å²) in [6, 6.07) is 0.0966. The largest absolute Gasteiger partial charge is 0.379 e. The second kappa shape index (κ2) is 4.67. The molecule has 1 unspecified atom stereocenters. The zero-order valence-electron chi connectivity index (χ0n) is 7.94. The highest BCUT2D eigenvalue weighted by Gasteiger charge is 2.20. The lowest BCUT2D eigenvalue weighted by Crippen LogP contribution is -2.35. The van der Waals surface area contributed by atoms with E-state index < -0.39 is 0 Å². The first-order valence-electron chi connectivity index (χ1n) is 4.61. The number of carbonyl (C=O) groups is 1. The summed E-state index contributed by atoms with van der Waals surface area (Å²) >= 11 is 3.23. The van der Waals surface area contributed by atoms with Crippen LogP contribution in [0.4, 0.5) is 0 Å². The minimum atomic E-state index is -0.195. The number of aromatic nitrogens is 2. The molecule has 80 valence electrons. The first-order valence-corrected chi connectivity index (χ1v) is 5.41. The number of hydrogen-bond acceptors (Lipinski definition) is 4. The lowest BCUT2D eigenvalue weighted by atomic mass is 10.2. The highest BCUT2D eigenvalue weighted by Crippen LogP contribution is 2.12. The monoisotopic (exact) mass is 271 g/mol. The van der Waals surface area contributed by atoms with E-state index in [1.165, 1.54) is 6.33 Å². The molecule has 1 aliphatic rings. The van der Waals surface area contributed by atoms with Gasteiger partial charge in [-0.15, -0.1) is 0 Å². The number of rotatable bonds is 2. The van der Waals surface area contributed by atoms with Crippen LogP contribution in [0.5, 0.6) is 0 Å². The van der Waals surface area contributed by atoms with Crippen LogP contribution in [0.25, 0.3) is 0 Å². The lowest BCUT2D eigenvalue weighted by Gasteiger charge is -2.10. The van der Waals surface area contributed by atoms with Crippen LogP contribution in [0.3, 0.4) is 0 Å².